The number of aliphatic hydroxyl groups excluding tert-OH is 1. The molecule has 3 aromatic rings. The van der Waals surface area contributed by atoms with Crippen LogP contribution in [0.4, 0.5) is 0 Å². The monoisotopic (exact) mass is 410 g/mol. The number of aliphatic hydroxyl groups is 1. The molecule has 102 valence electrons. The normalized spacial score (nSPS) is 12.8. The molecule has 0 saturated heterocycles. The fourth-order valence-corrected chi connectivity index (χ4v) is 4.63. The summed E-state index contributed by atoms with van der Waals surface area (Å²) in [5, 5.41) is 13.8. The molecule has 20 heavy (non-hydrogen) atoms. The molecule has 3 rings (SSSR count). The Kier molecular flexibility index (Phi) is 4.00. The molecule has 0 amide bonds. The number of fused-ring (bicyclic) bond motifs is 1. The van der Waals surface area contributed by atoms with Gasteiger partial charge in [0.1, 0.15) is 6.10 Å². The van der Waals surface area contributed by atoms with Crippen LogP contribution in [0.25, 0.3) is 10.1 Å². The minimum absolute atomic E-state index is 0.618. The first kappa shape index (κ1) is 14.3. The smallest absolute Gasteiger partial charge is 0.107 e. The van der Waals surface area contributed by atoms with Gasteiger partial charge in [-0.15, -0.1) is 11.3 Å². The minimum Gasteiger partial charge on any atom is -0.384 e. The summed E-state index contributed by atoms with van der Waals surface area (Å²) in [6.07, 6.45) is -0.618. The highest BCUT2D eigenvalue weighted by Crippen LogP contribution is 2.38. The van der Waals surface area contributed by atoms with Crippen LogP contribution in [0.1, 0.15) is 22.8 Å². The Balaban J connectivity index is 2.13. The molecule has 4 heteroatoms. The van der Waals surface area contributed by atoms with Crippen molar-refractivity contribution in [2.75, 3.05) is 0 Å². The predicted octanol–water partition coefficient (Wildman–Crippen LogP) is 5.82. The van der Waals surface area contributed by atoms with Crippen molar-refractivity contribution in [3.63, 3.8) is 0 Å². The van der Waals surface area contributed by atoms with E-state index in [4.69, 9.17) is 0 Å². The van der Waals surface area contributed by atoms with Crippen LogP contribution in [0.5, 0.6) is 0 Å². The van der Waals surface area contributed by atoms with Gasteiger partial charge < -0.3 is 5.11 Å². The Hall–Kier alpha value is -0.680. The van der Waals surface area contributed by atoms with Crippen molar-refractivity contribution >= 4 is 53.3 Å². The Morgan fingerprint density at radius 2 is 1.85 bits per heavy atom. The number of rotatable bonds is 2. The zero-order valence-electron chi connectivity index (χ0n) is 10.7. The summed E-state index contributed by atoms with van der Waals surface area (Å²) in [5.41, 5.74) is 3.02. The summed E-state index contributed by atoms with van der Waals surface area (Å²) in [4.78, 5) is 0. The van der Waals surface area contributed by atoms with E-state index in [2.05, 4.69) is 37.9 Å². The third-order valence-electron chi connectivity index (χ3n) is 3.33. The number of benzene rings is 2. The van der Waals surface area contributed by atoms with Gasteiger partial charge in [-0.05, 0) is 56.9 Å². The van der Waals surface area contributed by atoms with Crippen molar-refractivity contribution < 1.29 is 5.11 Å². The molecule has 1 aromatic heterocycles. The highest BCUT2D eigenvalue weighted by atomic mass is 79.9. The lowest BCUT2D eigenvalue weighted by molar-refractivity contribution is 0.221. The average molecular weight is 412 g/mol. The van der Waals surface area contributed by atoms with Crippen molar-refractivity contribution in [3.05, 3.63) is 67.4 Å². The Morgan fingerprint density at radius 3 is 2.60 bits per heavy atom. The zero-order valence-corrected chi connectivity index (χ0v) is 14.7. The molecule has 1 N–H and O–H groups in total. The maximum Gasteiger partial charge on any atom is 0.107 e. The number of thiophene rings is 1. The van der Waals surface area contributed by atoms with Crippen molar-refractivity contribution in [3.8, 4) is 0 Å². The second-order valence-electron chi connectivity index (χ2n) is 4.74. The summed E-state index contributed by atoms with van der Waals surface area (Å²) >= 11 is 8.76. The third-order valence-corrected chi connectivity index (χ3v) is 5.98. The maximum absolute atomic E-state index is 10.7. The van der Waals surface area contributed by atoms with Crippen LogP contribution in [-0.4, -0.2) is 5.11 Å². The Bertz CT molecular complexity index is 779. The summed E-state index contributed by atoms with van der Waals surface area (Å²) in [6.45, 7) is 2.04. The van der Waals surface area contributed by atoms with Gasteiger partial charge in [0, 0.05) is 19.2 Å². The van der Waals surface area contributed by atoms with Crippen molar-refractivity contribution in [2.45, 2.75) is 13.0 Å². The van der Waals surface area contributed by atoms with E-state index in [1.54, 1.807) is 11.3 Å². The van der Waals surface area contributed by atoms with Gasteiger partial charge in [-0.1, -0.05) is 40.2 Å². The van der Waals surface area contributed by atoms with Gasteiger partial charge in [0.05, 0.1) is 0 Å². The number of hydrogen-bond acceptors (Lipinski definition) is 2. The van der Waals surface area contributed by atoms with Crippen molar-refractivity contribution in [2.24, 2.45) is 0 Å². The van der Waals surface area contributed by atoms with Crippen LogP contribution in [0, 0.1) is 6.92 Å². The highest BCUT2D eigenvalue weighted by molar-refractivity contribution is 9.11. The fourth-order valence-electron chi connectivity index (χ4n) is 2.28. The molecule has 0 aliphatic heterocycles. The lowest BCUT2D eigenvalue weighted by Crippen LogP contribution is -2.00. The van der Waals surface area contributed by atoms with Gasteiger partial charge in [0.15, 0.2) is 0 Å². The topological polar surface area (TPSA) is 20.2 Å². The third kappa shape index (κ3) is 2.46. The molecule has 0 aliphatic rings. The van der Waals surface area contributed by atoms with E-state index >= 15 is 0 Å². The molecule has 1 heterocycles. The number of hydrogen-bond donors (Lipinski definition) is 1. The van der Waals surface area contributed by atoms with E-state index in [9.17, 15) is 5.11 Å². The Morgan fingerprint density at radius 1 is 1.05 bits per heavy atom. The average Bonchev–Trinajstić information content (AvgIpc) is 2.83. The van der Waals surface area contributed by atoms with Crippen LogP contribution in [-0.2, 0) is 0 Å². The van der Waals surface area contributed by atoms with Crippen molar-refractivity contribution in [1.29, 1.82) is 0 Å². The summed E-state index contributed by atoms with van der Waals surface area (Å²) in [7, 11) is 0. The van der Waals surface area contributed by atoms with Crippen LogP contribution >= 0.6 is 43.2 Å². The van der Waals surface area contributed by atoms with Crippen LogP contribution in [0.3, 0.4) is 0 Å². The van der Waals surface area contributed by atoms with Gasteiger partial charge in [0.25, 0.3) is 0 Å². The van der Waals surface area contributed by atoms with E-state index in [1.807, 2.05) is 42.6 Å². The molecule has 1 atom stereocenters. The largest absolute Gasteiger partial charge is 0.384 e. The standard InChI is InChI=1S/C16H12Br2OS/c1-9-5-6-11(14(18)7-9)15(19)12-8-20-16-10(12)3-2-4-13(16)17/h2-8,15,19H,1H3. The first-order chi connectivity index (χ1) is 9.58. The fraction of sp³-hybridized carbons (Fsp3) is 0.125. The molecular formula is C16H12Br2OS. The predicted molar refractivity (Wildman–Crippen MR) is 92.5 cm³/mol. The first-order valence-electron chi connectivity index (χ1n) is 6.17. The minimum atomic E-state index is -0.618. The quantitative estimate of drug-likeness (QED) is 0.563. The van der Waals surface area contributed by atoms with Gasteiger partial charge in [0.2, 0.25) is 0 Å². The SMILES string of the molecule is Cc1ccc(C(O)c2csc3c(Br)cccc23)c(Br)c1. The molecule has 1 unspecified atom stereocenters. The molecule has 0 aliphatic carbocycles. The van der Waals surface area contributed by atoms with E-state index in [-0.39, 0.29) is 0 Å². The van der Waals surface area contributed by atoms with Crippen LogP contribution in [0.2, 0.25) is 0 Å². The summed E-state index contributed by atoms with van der Waals surface area (Å²) < 4.78 is 3.19. The van der Waals surface area contributed by atoms with Gasteiger partial charge in [-0.2, -0.15) is 0 Å². The molecule has 0 saturated carbocycles. The maximum atomic E-state index is 10.7. The summed E-state index contributed by atoms with van der Waals surface area (Å²) in [6, 6.07) is 12.1. The zero-order chi connectivity index (χ0) is 14.3. The van der Waals surface area contributed by atoms with Gasteiger partial charge in [-0.3, -0.25) is 0 Å². The second-order valence-corrected chi connectivity index (χ2v) is 7.32. The molecular weight excluding hydrogens is 400 g/mol. The van der Waals surface area contributed by atoms with E-state index in [0.717, 1.165) is 25.5 Å². The van der Waals surface area contributed by atoms with E-state index < -0.39 is 6.10 Å². The number of halogens is 2. The molecule has 0 radical (unpaired) electrons. The van der Waals surface area contributed by atoms with Gasteiger partial charge >= 0.3 is 0 Å². The number of aryl methyl sites for hydroxylation is 1. The van der Waals surface area contributed by atoms with Crippen LogP contribution < -0.4 is 0 Å². The molecule has 0 bridgehead atoms. The van der Waals surface area contributed by atoms with Gasteiger partial charge in [-0.25, -0.2) is 0 Å². The molecule has 2 aromatic carbocycles. The molecule has 0 fully saturated rings. The Labute approximate surface area is 138 Å². The molecule has 1 nitrogen and oxygen atoms in total. The van der Waals surface area contributed by atoms with Crippen LogP contribution in [0.15, 0.2) is 50.7 Å². The lowest BCUT2D eigenvalue weighted by atomic mass is 10.00. The summed E-state index contributed by atoms with van der Waals surface area (Å²) in [5.74, 6) is 0. The second kappa shape index (κ2) is 5.60. The van der Waals surface area contributed by atoms with E-state index in [1.165, 1.54) is 10.3 Å². The lowest BCUT2D eigenvalue weighted by Gasteiger charge is -2.13. The molecule has 0 spiro atoms. The highest BCUT2D eigenvalue weighted by Gasteiger charge is 2.18. The van der Waals surface area contributed by atoms with Crippen molar-refractivity contribution in [1.82, 2.24) is 0 Å². The van der Waals surface area contributed by atoms with E-state index in [0.29, 0.717) is 0 Å². The first-order valence-corrected chi connectivity index (χ1v) is 8.64.